The van der Waals surface area contributed by atoms with Crippen LogP contribution in [0.3, 0.4) is 0 Å². The summed E-state index contributed by atoms with van der Waals surface area (Å²) < 4.78 is 1.47. The molecule has 0 amide bonds. The average Bonchev–Trinajstić information content (AvgIpc) is 3.25. The molecule has 3 aromatic rings. The Labute approximate surface area is 174 Å². The van der Waals surface area contributed by atoms with E-state index in [1.807, 2.05) is 45.0 Å². The summed E-state index contributed by atoms with van der Waals surface area (Å²) in [6.45, 7) is 5.95. The summed E-state index contributed by atoms with van der Waals surface area (Å²) in [6, 6.07) is 7.18. The van der Waals surface area contributed by atoms with Gasteiger partial charge in [0.2, 0.25) is 0 Å². The van der Waals surface area contributed by atoms with Gasteiger partial charge >= 0.3 is 5.97 Å². The van der Waals surface area contributed by atoms with Crippen LogP contribution >= 0.6 is 11.3 Å². The van der Waals surface area contributed by atoms with Gasteiger partial charge in [-0.2, -0.15) is 0 Å². The van der Waals surface area contributed by atoms with Crippen LogP contribution < -0.4 is 5.56 Å². The van der Waals surface area contributed by atoms with Crippen molar-refractivity contribution in [3.63, 3.8) is 0 Å². The van der Waals surface area contributed by atoms with Crippen molar-refractivity contribution in [1.29, 1.82) is 0 Å². The molecule has 0 saturated carbocycles. The summed E-state index contributed by atoms with van der Waals surface area (Å²) in [5, 5.41) is 10.7. The SMILES string of the molecule is Cc1ccc(CCC(C(=O)O)n2c(C(C)C)nc3sc4c(c3c2=O)CCC4)cc1. The topological polar surface area (TPSA) is 72.2 Å². The Hall–Kier alpha value is -2.47. The zero-order valence-electron chi connectivity index (χ0n) is 17.1. The molecule has 0 radical (unpaired) electrons. The largest absolute Gasteiger partial charge is 0.480 e. The molecule has 29 heavy (non-hydrogen) atoms. The standard InChI is InChI=1S/C23H26N2O3S/c1-13(2)20-24-21-19(16-5-4-6-18(16)29-21)22(26)25(20)17(23(27)28)12-11-15-9-7-14(3)8-10-15/h7-10,13,17H,4-6,11-12H2,1-3H3,(H,27,28). The second-order valence-corrected chi connectivity index (χ2v) is 9.30. The Kier molecular flexibility index (Phi) is 5.30. The Morgan fingerprint density at radius 3 is 2.62 bits per heavy atom. The average molecular weight is 411 g/mol. The fraction of sp³-hybridized carbons (Fsp3) is 0.435. The molecule has 1 aliphatic carbocycles. The second-order valence-electron chi connectivity index (χ2n) is 8.22. The van der Waals surface area contributed by atoms with Crippen molar-refractivity contribution in [2.75, 3.05) is 0 Å². The number of carbonyl (C=O) groups is 1. The van der Waals surface area contributed by atoms with Crippen molar-refractivity contribution >= 4 is 27.5 Å². The fourth-order valence-corrected chi connectivity index (χ4v) is 5.46. The molecule has 2 aromatic heterocycles. The molecule has 152 valence electrons. The maximum absolute atomic E-state index is 13.5. The Balaban J connectivity index is 1.80. The number of hydrogen-bond acceptors (Lipinski definition) is 4. The van der Waals surface area contributed by atoms with Crippen molar-refractivity contribution < 1.29 is 9.90 Å². The molecular formula is C23H26N2O3S. The first kappa shape index (κ1) is 19.8. The molecule has 0 bridgehead atoms. The predicted octanol–water partition coefficient (Wildman–Crippen LogP) is 4.64. The number of aliphatic carboxylic acids is 1. The molecule has 2 heterocycles. The van der Waals surface area contributed by atoms with Crippen molar-refractivity contribution in [2.24, 2.45) is 0 Å². The normalized spacial score (nSPS) is 14.5. The number of hydrogen-bond donors (Lipinski definition) is 1. The van der Waals surface area contributed by atoms with Gasteiger partial charge in [0.25, 0.3) is 5.56 Å². The maximum atomic E-state index is 13.5. The zero-order chi connectivity index (χ0) is 20.7. The lowest BCUT2D eigenvalue weighted by Crippen LogP contribution is -2.34. The van der Waals surface area contributed by atoms with E-state index in [2.05, 4.69) is 0 Å². The highest BCUT2D eigenvalue weighted by Gasteiger charge is 2.29. The van der Waals surface area contributed by atoms with Crippen LogP contribution in [0, 0.1) is 6.92 Å². The van der Waals surface area contributed by atoms with E-state index >= 15 is 0 Å². The minimum Gasteiger partial charge on any atom is -0.480 e. The summed E-state index contributed by atoms with van der Waals surface area (Å²) in [7, 11) is 0. The monoisotopic (exact) mass is 410 g/mol. The van der Waals surface area contributed by atoms with Crippen molar-refractivity contribution in [2.45, 2.75) is 64.8 Å². The number of fused-ring (bicyclic) bond motifs is 3. The summed E-state index contributed by atoms with van der Waals surface area (Å²) in [5.74, 6) is -0.446. The van der Waals surface area contributed by atoms with Gasteiger partial charge in [-0.25, -0.2) is 9.78 Å². The molecule has 4 rings (SSSR count). The molecule has 1 aromatic carbocycles. The molecule has 6 heteroatoms. The van der Waals surface area contributed by atoms with Gasteiger partial charge < -0.3 is 5.11 Å². The number of thiophene rings is 1. The van der Waals surface area contributed by atoms with Gasteiger partial charge in [-0.15, -0.1) is 11.3 Å². The van der Waals surface area contributed by atoms with Crippen molar-refractivity contribution in [1.82, 2.24) is 9.55 Å². The number of carboxylic acid groups (broad SMARTS) is 1. The number of carboxylic acids is 1. The van der Waals surface area contributed by atoms with Crippen molar-refractivity contribution in [3.05, 3.63) is 62.0 Å². The van der Waals surface area contributed by atoms with Gasteiger partial charge in [0.05, 0.1) is 5.39 Å². The summed E-state index contributed by atoms with van der Waals surface area (Å²) in [5.41, 5.74) is 3.15. The molecule has 0 aliphatic heterocycles. The van der Waals surface area contributed by atoms with Gasteiger partial charge in [0.1, 0.15) is 16.7 Å². The molecule has 0 fully saturated rings. The lowest BCUT2D eigenvalue weighted by Gasteiger charge is -2.21. The minimum atomic E-state index is -0.978. The molecule has 1 aliphatic rings. The first-order valence-corrected chi connectivity index (χ1v) is 11.0. The van der Waals surface area contributed by atoms with Gasteiger partial charge in [0, 0.05) is 10.8 Å². The lowest BCUT2D eigenvalue weighted by atomic mass is 10.0. The number of aryl methyl sites for hydroxylation is 4. The van der Waals surface area contributed by atoms with Crippen LogP contribution in [-0.2, 0) is 24.1 Å². The predicted molar refractivity (Wildman–Crippen MR) is 116 cm³/mol. The summed E-state index contributed by atoms with van der Waals surface area (Å²) >= 11 is 1.60. The number of nitrogens with zero attached hydrogens (tertiary/aromatic N) is 2. The first-order valence-electron chi connectivity index (χ1n) is 10.2. The quantitative estimate of drug-likeness (QED) is 0.643. The Morgan fingerprint density at radius 1 is 1.24 bits per heavy atom. The molecule has 1 N–H and O–H groups in total. The highest BCUT2D eigenvalue weighted by molar-refractivity contribution is 7.18. The van der Waals surface area contributed by atoms with Gasteiger partial charge in [-0.3, -0.25) is 9.36 Å². The third kappa shape index (κ3) is 3.62. The Morgan fingerprint density at radius 2 is 1.97 bits per heavy atom. The number of benzene rings is 1. The first-order chi connectivity index (χ1) is 13.9. The number of rotatable bonds is 6. The maximum Gasteiger partial charge on any atom is 0.326 e. The van der Waals surface area contributed by atoms with Crippen molar-refractivity contribution in [3.8, 4) is 0 Å². The van der Waals surface area contributed by atoms with Gasteiger partial charge in [-0.05, 0) is 50.2 Å². The van der Waals surface area contributed by atoms with E-state index in [-0.39, 0.29) is 11.5 Å². The highest BCUT2D eigenvalue weighted by atomic mass is 32.1. The zero-order valence-corrected chi connectivity index (χ0v) is 17.9. The third-order valence-corrected chi connectivity index (χ3v) is 6.92. The van der Waals surface area contributed by atoms with E-state index in [1.165, 1.54) is 15.0 Å². The molecule has 1 unspecified atom stereocenters. The highest BCUT2D eigenvalue weighted by Crippen LogP contribution is 2.36. The summed E-state index contributed by atoms with van der Waals surface area (Å²) in [6.07, 6.45) is 3.88. The van der Waals surface area contributed by atoms with E-state index in [9.17, 15) is 14.7 Å². The Bertz CT molecular complexity index is 1130. The fourth-order valence-electron chi connectivity index (χ4n) is 4.20. The molecular weight excluding hydrogens is 384 g/mol. The molecule has 0 spiro atoms. The second kappa shape index (κ2) is 7.75. The van der Waals surface area contributed by atoms with Crippen LogP contribution in [0.4, 0.5) is 0 Å². The van der Waals surface area contributed by atoms with Gasteiger partial charge in [0.15, 0.2) is 0 Å². The molecule has 0 saturated heterocycles. The van der Waals surface area contributed by atoms with E-state index in [0.717, 1.165) is 35.2 Å². The minimum absolute atomic E-state index is 0.0368. The van der Waals surface area contributed by atoms with Crippen LogP contribution in [-0.4, -0.2) is 20.6 Å². The van der Waals surface area contributed by atoms with Crippen LogP contribution in [0.1, 0.15) is 66.0 Å². The van der Waals surface area contributed by atoms with Crippen LogP contribution in [0.25, 0.3) is 10.2 Å². The van der Waals surface area contributed by atoms with Crippen LogP contribution in [0.15, 0.2) is 29.1 Å². The van der Waals surface area contributed by atoms with Crippen LogP contribution in [0.5, 0.6) is 0 Å². The van der Waals surface area contributed by atoms with E-state index in [0.29, 0.717) is 24.1 Å². The van der Waals surface area contributed by atoms with Crippen LogP contribution in [0.2, 0.25) is 0 Å². The van der Waals surface area contributed by atoms with Gasteiger partial charge in [-0.1, -0.05) is 43.7 Å². The summed E-state index contributed by atoms with van der Waals surface area (Å²) in [4.78, 5) is 32.6. The smallest absolute Gasteiger partial charge is 0.326 e. The van der Waals surface area contributed by atoms with E-state index < -0.39 is 12.0 Å². The van der Waals surface area contributed by atoms with E-state index in [1.54, 1.807) is 11.3 Å². The molecule has 5 nitrogen and oxygen atoms in total. The third-order valence-electron chi connectivity index (χ3n) is 5.74. The number of aromatic nitrogens is 2. The van der Waals surface area contributed by atoms with E-state index in [4.69, 9.17) is 4.98 Å². The molecule has 1 atom stereocenters. The lowest BCUT2D eigenvalue weighted by molar-refractivity contribution is -0.141.